The Morgan fingerprint density at radius 2 is 1.64 bits per heavy atom. The number of rotatable bonds is 1. The van der Waals surface area contributed by atoms with Crippen LogP contribution in [0.4, 0.5) is 26.3 Å². The lowest BCUT2D eigenvalue weighted by Crippen LogP contribution is -2.67. The Bertz CT molecular complexity index is 580. The quantitative estimate of drug-likeness (QED) is 0.520. The van der Waals surface area contributed by atoms with E-state index < -0.39 is 60.0 Å². The van der Waals surface area contributed by atoms with Crippen molar-refractivity contribution in [3.63, 3.8) is 0 Å². The van der Waals surface area contributed by atoms with Gasteiger partial charge in [-0.15, -0.1) is 0 Å². The van der Waals surface area contributed by atoms with Crippen LogP contribution in [0.1, 0.15) is 34.1 Å². The zero-order valence-electron chi connectivity index (χ0n) is 13.8. The van der Waals surface area contributed by atoms with Gasteiger partial charge in [-0.1, -0.05) is 0 Å². The third-order valence-electron chi connectivity index (χ3n) is 4.37. The van der Waals surface area contributed by atoms with E-state index in [9.17, 15) is 35.9 Å². The summed E-state index contributed by atoms with van der Waals surface area (Å²) in [6, 6.07) is 0. The van der Waals surface area contributed by atoms with E-state index in [2.05, 4.69) is 4.74 Å². The molecule has 25 heavy (non-hydrogen) atoms. The summed E-state index contributed by atoms with van der Waals surface area (Å²) in [5.74, 6) is -4.31. The molecule has 2 aliphatic rings. The Balaban J connectivity index is 2.52. The normalized spacial score (nSPS) is 30.2. The van der Waals surface area contributed by atoms with E-state index in [1.54, 1.807) is 0 Å². The van der Waals surface area contributed by atoms with E-state index in [1.807, 2.05) is 0 Å². The van der Waals surface area contributed by atoms with E-state index in [0.29, 0.717) is 0 Å². The summed E-state index contributed by atoms with van der Waals surface area (Å²) in [6.45, 7) is 4.51. The SMILES string of the molecule is CC(C)(C)OC(=O)[C@H]1CCN2C(C(F)(F)F)(C(F)(F)F)OC(=O)[C@]12C. The number of cyclic esters (lactones) is 1. The van der Waals surface area contributed by atoms with Crippen LogP contribution in [0.15, 0.2) is 0 Å². The van der Waals surface area contributed by atoms with Crippen LogP contribution in [-0.4, -0.2) is 52.6 Å². The van der Waals surface area contributed by atoms with Gasteiger partial charge in [-0.05, 0) is 34.1 Å². The molecule has 0 aromatic rings. The van der Waals surface area contributed by atoms with Crippen LogP contribution < -0.4 is 0 Å². The molecule has 2 aliphatic heterocycles. The van der Waals surface area contributed by atoms with Gasteiger partial charge >= 0.3 is 30.0 Å². The van der Waals surface area contributed by atoms with Crippen LogP contribution in [0.3, 0.4) is 0 Å². The fraction of sp³-hybridized carbons (Fsp3) is 0.857. The van der Waals surface area contributed by atoms with Gasteiger partial charge in [0, 0.05) is 6.54 Å². The summed E-state index contributed by atoms with van der Waals surface area (Å²) >= 11 is 0. The highest BCUT2D eigenvalue weighted by molar-refractivity contribution is 5.91. The lowest BCUT2D eigenvalue weighted by molar-refractivity contribution is -0.402. The zero-order valence-corrected chi connectivity index (χ0v) is 13.8. The van der Waals surface area contributed by atoms with Crippen molar-refractivity contribution in [2.24, 2.45) is 5.92 Å². The third kappa shape index (κ3) is 2.67. The van der Waals surface area contributed by atoms with Crippen molar-refractivity contribution in [1.29, 1.82) is 0 Å². The molecule has 0 radical (unpaired) electrons. The van der Waals surface area contributed by atoms with Crippen LogP contribution in [0.25, 0.3) is 0 Å². The van der Waals surface area contributed by atoms with Crippen molar-refractivity contribution in [2.75, 3.05) is 6.54 Å². The van der Waals surface area contributed by atoms with Crippen LogP contribution in [-0.2, 0) is 19.1 Å². The number of hydrogen-bond acceptors (Lipinski definition) is 5. The number of esters is 2. The largest absolute Gasteiger partial charge is 0.460 e. The molecule has 11 heteroatoms. The first kappa shape index (κ1) is 19.8. The molecule has 0 saturated carbocycles. The maximum atomic E-state index is 13.3. The van der Waals surface area contributed by atoms with Crippen molar-refractivity contribution in [3.05, 3.63) is 0 Å². The maximum absolute atomic E-state index is 13.3. The van der Waals surface area contributed by atoms with Gasteiger partial charge < -0.3 is 9.47 Å². The molecule has 0 amide bonds. The monoisotopic (exact) mass is 377 g/mol. The van der Waals surface area contributed by atoms with E-state index in [-0.39, 0.29) is 4.90 Å². The number of halogens is 6. The molecular weight excluding hydrogens is 360 g/mol. The second kappa shape index (κ2) is 5.24. The van der Waals surface area contributed by atoms with Crippen molar-refractivity contribution < 1.29 is 45.4 Å². The molecule has 0 aromatic heterocycles. The molecule has 2 heterocycles. The van der Waals surface area contributed by atoms with Gasteiger partial charge in [-0.2, -0.15) is 26.3 Å². The van der Waals surface area contributed by atoms with Crippen molar-refractivity contribution in [2.45, 2.75) is 63.3 Å². The molecule has 5 nitrogen and oxygen atoms in total. The molecule has 0 spiro atoms. The van der Waals surface area contributed by atoms with Crippen LogP contribution in [0.2, 0.25) is 0 Å². The molecule has 0 bridgehead atoms. The van der Waals surface area contributed by atoms with Gasteiger partial charge in [0.25, 0.3) is 0 Å². The Kier molecular flexibility index (Phi) is 4.15. The molecule has 2 saturated heterocycles. The second-order valence-electron chi connectivity index (χ2n) is 7.20. The van der Waals surface area contributed by atoms with Gasteiger partial charge in [0.05, 0.1) is 5.92 Å². The average molecular weight is 377 g/mol. The smallest absolute Gasteiger partial charge is 0.453 e. The summed E-state index contributed by atoms with van der Waals surface area (Å²) in [5.41, 5.74) is -8.22. The average Bonchev–Trinajstić information content (AvgIpc) is 2.79. The van der Waals surface area contributed by atoms with Crippen molar-refractivity contribution in [1.82, 2.24) is 4.90 Å². The topological polar surface area (TPSA) is 55.8 Å². The summed E-state index contributed by atoms with van der Waals surface area (Å²) < 4.78 is 89.0. The van der Waals surface area contributed by atoms with E-state index in [4.69, 9.17) is 4.74 Å². The summed E-state index contributed by atoms with van der Waals surface area (Å²) in [5, 5.41) is 0. The molecule has 0 aromatic carbocycles. The minimum absolute atomic E-state index is 0.114. The summed E-state index contributed by atoms with van der Waals surface area (Å²) in [7, 11) is 0. The van der Waals surface area contributed by atoms with E-state index in [0.717, 1.165) is 6.92 Å². The van der Waals surface area contributed by atoms with Crippen LogP contribution in [0, 0.1) is 5.92 Å². The number of carbonyl (C=O) groups excluding carboxylic acids is 2. The Morgan fingerprint density at radius 3 is 2.04 bits per heavy atom. The number of hydrogen-bond donors (Lipinski definition) is 0. The molecule has 0 unspecified atom stereocenters. The Hall–Kier alpha value is -1.52. The minimum atomic E-state index is -5.93. The van der Waals surface area contributed by atoms with Crippen LogP contribution in [0.5, 0.6) is 0 Å². The Morgan fingerprint density at radius 1 is 1.16 bits per heavy atom. The summed E-state index contributed by atoms with van der Waals surface area (Å²) in [4.78, 5) is 24.2. The lowest BCUT2D eigenvalue weighted by atomic mass is 9.86. The first-order valence-corrected chi connectivity index (χ1v) is 7.36. The van der Waals surface area contributed by atoms with Gasteiger partial charge in [0.2, 0.25) is 0 Å². The molecule has 2 rings (SSSR count). The molecular formula is C14H17F6NO4. The molecule has 2 atom stereocenters. The lowest BCUT2D eigenvalue weighted by Gasteiger charge is -2.39. The number of carbonyl (C=O) groups is 2. The van der Waals surface area contributed by atoms with Gasteiger partial charge in [0.15, 0.2) is 0 Å². The number of nitrogens with zero attached hydrogens (tertiary/aromatic N) is 1. The molecule has 0 aliphatic carbocycles. The third-order valence-corrected chi connectivity index (χ3v) is 4.37. The first-order valence-electron chi connectivity index (χ1n) is 7.36. The zero-order chi connectivity index (χ0) is 19.6. The number of ether oxygens (including phenoxy) is 2. The number of fused-ring (bicyclic) bond motifs is 1. The molecule has 0 N–H and O–H groups in total. The number of alkyl halides is 6. The van der Waals surface area contributed by atoms with Crippen molar-refractivity contribution in [3.8, 4) is 0 Å². The second-order valence-corrected chi connectivity index (χ2v) is 7.20. The first-order chi connectivity index (χ1) is 11.0. The van der Waals surface area contributed by atoms with Crippen molar-refractivity contribution >= 4 is 11.9 Å². The van der Waals surface area contributed by atoms with E-state index in [1.165, 1.54) is 20.8 Å². The molecule has 2 fully saturated rings. The van der Waals surface area contributed by atoms with Gasteiger partial charge in [-0.25, -0.2) is 9.69 Å². The van der Waals surface area contributed by atoms with E-state index >= 15 is 0 Å². The highest BCUT2D eigenvalue weighted by atomic mass is 19.4. The predicted octanol–water partition coefficient (Wildman–Crippen LogP) is 2.79. The fourth-order valence-electron chi connectivity index (χ4n) is 3.29. The maximum Gasteiger partial charge on any atom is 0.453 e. The summed E-state index contributed by atoms with van der Waals surface area (Å²) in [6.07, 6.45) is -12.3. The Labute approximate surface area is 139 Å². The van der Waals surface area contributed by atoms with Crippen LogP contribution >= 0.6 is 0 Å². The highest BCUT2D eigenvalue weighted by Crippen LogP contribution is 2.58. The van der Waals surface area contributed by atoms with Gasteiger partial charge in [0.1, 0.15) is 11.1 Å². The highest BCUT2D eigenvalue weighted by Gasteiger charge is 2.86. The fourth-order valence-corrected chi connectivity index (χ4v) is 3.29. The predicted molar refractivity (Wildman–Crippen MR) is 70.0 cm³/mol. The minimum Gasteiger partial charge on any atom is -0.460 e. The van der Waals surface area contributed by atoms with Gasteiger partial charge in [-0.3, -0.25) is 4.79 Å². The molecule has 144 valence electrons. The standard InChI is InChI=1S/C14H17F6NO4/c1-10(2,3)24-8(22)7-5-6-21-11(7,4)9(23)25-12(21,13(15,16)17)14(18,19)20/h7H,5-6H2,1-4H3/t7-,11+/m1/s1.